The van der Waals surface area contributed by atoms with E-state index in [9.17, 15) is 5.11 Å². The first-order valence-corrected chi connectivity index (χ1v) is 7.94. The van der Waals surface area contributed by atoms with E-state index in [1.165, 1.54) is 0 Å². The SMILES string of the molecule is CCCNc1cc(NCC2CC(O)C2)nc(C(C)(C)C)n1. The molecule has 21 heavy (non-hydrogen) atoms. The molecule has 1 fully saturated rings. The van der Waals surface area contributed by atoms with Crippen molar-refractivity contribution in [2.24, 2.45) is 5.92 Å². The Morgan fingerprint density at radius 3 is 2.33 bits per heavy atom. The summed E-state index contributed by atoms with van der Waals surface area (Å²) in [5.74, 6) is 3.16. The Bertz CT molecular complexity index is 464. The minimum Gasteiger partial charge on any atom is -0.393 e. The maximum Gasteiger partial charge on any atom is 0.138 e. The fourth-order valence-corrected chi connectivity index (χ4v) is 2.33. The van der Waals surface area contributed by atoms with Crippen molar-refractivity contribution in [1.29, 1.82) is 0 Å². The quantitative estimate of drug-likeness (QED) is 0.752. The number of hydrogen-bond donors (Lipinski definition) is 3. The summed E-state index contributed by atoms with van der Waals surface area (Å²) in [5, 5.41) is 16.1. The fourth-order valence-electron chi connectivity index (χ4n) is 2.33. The maximum absolute atomic E-state index is 9.34. The number of aromatic nitrogens is 2. The second-order valence-corrected chi connectivity index (χ2v) is 7.01. The van der Waals surface area contributed by atoms with Crippen molar-refractivity contribution >= 4 is 11.6 Å². The molecule has 2 rings (SSSR count). The highest BCUT2D eigenvalue weighted by molar-refractivity contribution is 5.48. The molecule has 5 heteroatoms. The lowest BCUT2D eigenvalue weighted by atomic mass is 9.82. The predicted octanol–water partition coefficient (Wildman–Crippen LogP) is 2.78. The predicted molar refractivity (Wildman–Crippen MR) is 86.7 cm³/mol. The van der Waals surface area contributed by atoms with Crippen molar-refractivity contribution in [1.82, 2.24) is 9.97 Å². The van der Waals surface area contributed by atoms with Crippen molar-refractivity contribution in [3.8, 4) is 0 Å². The molecule has 0 atom stereocenters. The van der Waals surface area contributed by atoms with E-state index in [-0.39, 0.29) is 11.5 Å². The third-order valence-electron chi connectivity index (χ3n) is 3.74. The Balaban J connectivity index is 2.06. The molecule has 0 aliphatic heterocycles. The van der Waals surface area contributed by atoms with E-state index in [4.69, 9.17) is 0 Å². The van der Waals surface area contributed by atoms with Crippen molar-refractivity contribution in [3.05, 3.63) is 11.9 Å². The number of anilines is 2. The molecule has 1 saturated carbocycles. The molecule has 1 aromatic rings. The lowest BCUT2D eigenvalue weighted by Gasteiger charge is -2.31. The molecule has 5 nitrogen and oxygen atoms in total. The van der Waals surface area contributed by atoms with E-state index in [0.29, 0.717) is 5.92 Å². The first kappa shape index (κ1) is 16.0. The molecular formula is C16H28N4O. The van der Waals surface area contributed by atoms with Gasteiger partial charge in [-0.05, 0) is 25.2 Å². The highest BCUT2D eigenvalue weighted by Gasteiger charge is 2.27. The fraction of sp³-hybridized carbons (Fsp3) is 0.750. The normalized spacial score (nSPS) is 21.8. The van der Waals surface area contributed by atoms with Gasteiger partial charge in [-0.3, -0.25) is 0 Å². The summed E-state index contributed by atoms with van der Waals surface area (Å²) >= 11 is 0. The van der Waals surface area contributed by atoms with Gasteiger partial charge in [-0.2, -0.15) is 0 Å². The van der Waals surface area contributed by atoms with Crippen LogP contribution in [0.2, 0.25) is 0 Å². The molecule has 1 heterocycles. The van der Waals surface area contributed by atoms with Gasteiger partial charge in [-0.25, -0.2) is 9.97 Å². The van der Waals surface area contributed by atoms with E-state index in [0.717, 1.165) is 49.8 Å². The monoisotopic (exact) mass is 292 g/mol. The number of nitrogens with one attached hydrogen (secondary N) is 2. The summed E-state index contributed by atoms with van der Waals surface area (Å²) < 4.78 is 0. The summed E-state index contributed by atoms with van der Waals surface area (Å²) in [6.45, 7) is 10.3. The summed E-state index contributed by atoms with van der Waals surface area (Å²) in [4.78, 5) is 9.25. The molecule has 1 aliphatic carbocycles. The molecule has 1 aromatic heterocycles. The van der Waals surface area contributed by atoms with Crippen LogP contribution >= 0.6 is 0 Å². The minimum absolute atomic E-state index is 0.0764. The zero-order valence-electron chi connectivity index (χ0n) is 13.6. The Morgan fingerprint density at radius 1 is 1.19 bits per heavy atom. The lowest BCUT2D eigenvalue weighted by molar-refractivity contribution is 0.0486. The average molecular weight is 292 g/mol. The Hall–Kier alpha value is -1.36. The van der Waals surface area contributed by atoms with Crippen LogP contribution in [-0.4, -0.2) is 34.3 Å². The number of nitrogens with zero attached hydrogens (tertiary/aromatic N) is 2. The van der Waals surface area contributed by atoms with Crippen molar-refractivity contribution in [2.75, 3.05) is 23.7 Å². The molecule has 0 saturated heterocycles. The molecule has 1 aliphatic rings. The third-order valence-corrected chi connectivity index (χ3v) is 3.74. The van der Waals surface area contributed by atoms with Crippen molar-refractivity contribution in [3.63, 3.8) is 0 Å². The van der Waals surface area contributed by atoms with Gasteiger partial charge < -0.3 is 15.7 Å². The minimum atomic E-state index is -0.103. The van der Waals surface area contributed by atoms with Crippen LogP contribution in [0.25, 0.3) is 0 Å². The Morgan fingerprint density at radius 2 is 1.81 bits per heavy atom. The van der Waals surface area contributed by atoms with Crippen LogP contribution in [0.1, 0.15) is 52.8 Å². The van der Waals surface area contributed by atoms with Gasteiger partial charge in [0.2, 0.25) is 0 Å². The maximum atomic E-state index is 9.34. The van der Waals surface area contributed by atoms with Gasteiger partial charge in [0.15, 0.2) is 0 Å². The van der Waals surface area contributed by atoms with E-state index in [1.54, 1.807) is 0 Å². The van der Waals surface area contributed by atoms with Gasteiger partial charge >= 0.3 is 0 Å². The number of aliphatic hydroxyl groups excluding tert-OH is 1. The van der Waals surface area contributed by atoms with Crippen molar-refractivity contribution < 1.29 is 5.11 Å². The van der Waals surface area contributed by atoms with Crippen LogP contribution in [0.15, 0.2) is 6.07 Å². The van der Waals surface area contributed by atoms with E-state index >= 15 is 0 Å². The van der Waals surface area contributed by atoms with Gasteiger partial charge in [0.25, 0.3) is 0 Å². The van der Waals surface area contributed by atoms with Crippen LogP contribution < -0.4 is 10.6 Å². The zero-order valence-corrected chi connectivity index (χ0v) is 13.6. The van der Waals surface area contributed by atoms with Crippen LogP contribution in [0.4, 0.5) is 11.6 Å². The molecule has 118 valence electrons. The Labute approximate surface area is 127 Å². The highest BCUT2D eigenvalue weighted by atomic mass is 16.3. The number of aliphatic hydroxyl groups is 1. The van der Waals surface area contributed by atoms with Crippen LogP contribution in [0.3, 0.4) is 0 Å². The molecule has 0 bridgehead atoms. The molecule has 3 N–H and O–H groups in total. The van der Waals surface area contributed by atoms with Gasteiger partial charge in [-0.1, -0.05) is 27.7 Å². The lowest BCUT2D eigenvalue weighted by Crippen LogP contribution is -2.33. The largest absolute Gasteiger partial charge is 0.393 e. The third kappa shape index (κ3) is 4.56. The topological polar surface area (TPSA) is 70.1 Å². The van der Waals surface area contributed by atoms with E-state index in [1.807, 2.05) is 6.07 Å². The molecule has 0 amide bonds. The van der Waals surface area contributed by atoms with Crippen LogP contribution in [0.5, 0.6) is 0 Å². The summed E-state index contributed by atoms with van der Waals surface area (Å²) in [7, 11) is 0. The molecule has 0 radical (unpaired) electrons. The van der Waals surface area contributed by atoms with Gasteiger partial charge in [0.05, 0.1) is 6.10 Å². The molecule has 0 unspecified atom stereocenters. The van der Waals surface area contributed by atoms with E-state index < -0.39 is 0 Å². The highest BCUT2D eigenvalue weighted by Crippen LogP contribution is 2.28. The first-order valence-electron chi connectivity index (χ1n) is 7.94. The summed E-state index contributed by atoms with van der Waals surface area (Å²) in [6, 6.07) is 1.97. The average Bonchev–Trinajstić information content (AvgIpc) is 2.39. The summed E-state index contributed by atoms with van der Waals surface area (Å²) in [5.41, 5.74) is -0.0764. The summed E-state index contributed by atoms with van der Waals surface area (Å²) in [6.07, 6.45) is 2.75. The number of hydrogen-bond acceptors (Lipinski definition) is 5. The van der Waals surface area contributed by atoms with Gasteiger partial charge in [0, 0.05) is 24.6 Å². The second-order valence-electron chi connectivity index (χ2n) is 7.01. The Kier molecular flexibility index (Phi) is 5.04. The molecule has 0 aromatic carbocycles. The van der Waals surface area contributed by atoms with E-state index in [2.05, 4.69) is 48.3 Å². The van der Waals surface area contributed by atoms with Gasteiger partial charge in [0.1, 0.15) is 17.5 Å². The van der Waals surface area contributed by atoms with Crippen molar-refractivity contribution in [2.45, 2.75) is 58.5 Å². The first-order chi connectivity index (χ1) is 9.88. The zero-order chi connectivity index (χ0) is 15.5. The second kappa shape index (κ2) is 6.60. The van der Waals surface area contributed by atoms with Crippen LogP contribution in [-0.2, 0) is 5.41 Å². The standard InChI is InChI=1S/C16H28N4O/c1-5-6-17-13-9-14(18-10-11-7-12(21)8-11)20-15(19-13)16(2,3)4/h9,11-12,21H,5-8,10H2,1-4H3,(H2,17,18,19,20). The van der Waals surface area contributed by atoms with Crippen LogP contribution in [0, 0.1) is 5.92 Å². The molecular weight excluding hydrogens is 264 g/mol. The smallest absolute Gasteiger partial charge is 0.138 e. The van der Waals surface area contributed by atoms with Gasteiger partial charge in [-0.15, -0.1) is 0 Å². The number of rotatable bonds is 6. The molecule has 0 spiro atoms.